The molecule has 1 fully saturated rings. The van der Waals surface area contributed by atoms with E-state index in [1.165, 1.54) is 11.8 Å². The molecular weight excluding hydrogens is 470 g/mol. The molecule has 7 nitrogen and oxygen atoms in total. The van der Waals surface area contributed by atoms with Crippen molar-refractivity contribution >= 4 is 29.3 Å². The van der Waals surface area contributed by atoms with Crippen LogP contribution >= 0.6 is 11.8 Å². The molecule has 0 saturated heterocycles. The second kappa shape index (κ2) is 10.8. The Labute approximate surface area is 214 Å². The molecule has 0 radical (unpaired) electrons. The molecule has 1 aromatic heterocycles. The van der Waals surface area contributed by atoms with Gasteiger partial charge in [-0.05, 0) is 49.6 Å². The first-order valence-corrected chi connectivity index (χ1v) is 13.0. The molecule has 0 unspecified atom stereocenters. The fraction of sp³-hybridized carbons (Fsp3) is 0.214. The molecule has 8 heteroatoms. The van der Waals surface area contributed by atoms with Gasteiger partial charge in [-0.1, -0.05) is 72.4 Å². The number of aromatic nitrogens is 3. The lowest BCUT2D eigenvalue weighted by Crippen LogP contribution is -2.28. The summed E-state index contributed by atoms with van der Waals surface area (Å²) in [4.78, 5) is 25.9. The maximum absolute atomic E-state index is 13.0. The Hall–Kier alpha value is -3.91. The largest absolute Gasteiger partial charge is 0.345 e. The van der Waals surface area contributed by atoms with Gasteiger partial charge < -0.3 is 10.6 Å². The number of para-hydroxylation sites is 2. The topological polar surface area (TPSA) is 88.9 Å². The highest BCUT2D eigenvalue weighted by Gasteiger charge is 2.31. The standard InChI is InChI=1S/C28H27N5O2S/c1-19(20-10-4-2-5-11-20)29-27(35)23-14-8-9-15-24(23)30-25(34)18-36-28-32-31-26(21-16-17-21)33(28)22-12-6-3-7-13-22/h2-15,19,21H,16-18H2,1H3,(H,29,35)(H,30,34)/t19-/m0/s1. The number of carbonyl (C=O) groups excluding carboxylic acids is 2. The van der Waals surface area contributed by atoms with Crippen LogP contribution in [0.1, 0.15) is 53.5 Å². The Bertz CT molecular complexity index is 1350. The highest BCUT2D eigenvalue weighted by molar-refractivity contribution is 7.99. The lowest BCUT2D eigenvalue weighted by atomic mass is 10.1. The molecule has 2 N–H and O–H groups in total. The summed E-state index contributed by atoms with van der Waals surface area (Å²) in [6, 6.07) is 26.6. The van der Waals surface area contributed by atoms with Crippen molar-refractivity contribution in [2.45, 2.75) is 36.9 Å². The van der Waals surface area contributed by atoms with Gasteiger partial charge in [0.1, 0.15) is 5.82 Å². The second-order valence-electron chi connectivity index (χ2n) is 8.77. The fourth-order valence-electron chi connectivity index (χ4n) is 4.01. The molecule has 1 heterocycles. The van der Waals surface area contributed by atoms with Crippen LogP contribution in [0.4, 0.5) is 5.69 Å². The van der Waals surface area contributed by atoms with Crippen molar-refractivity contribution in [2.24, 2.45) is 0 Å². The molecule has 2 amide bonds. The number of rotatable bonds is 9. The number of amides is 2. The smallest absolute Gasteiger partial charge is 0.253 e. The summed E-state index contributed by atoms with van der Waals surface area (Å²) in [5, 5.41) is 15.4. The van der Waals surface area contributed by atoms with E-state index in [1.807, 2.05) is 72.2 Å². The van der Waals surface area contributed by atoms with E-state index in [-0.39, 0.29) is 23.6 Å². The third-order valence-electron chi connectivity index (χ3n) is 6.04. The minimum absolute atomic E-state index is 0.145. The number of nitrogens with one attached hydrogen (secondary N) is 2. The first kappa shape index (κ1) is 23.8. The Morgan fingerprint density at radius 3 is 2.33 bits per heavy atom. The van der Waals surface area contributed by atoms with Gasteiger partial charge in [0.15, 0.2) is 5.16 Å². The summed E-state index contributed by atoms with van der Waals surface area (Å²) < 4.78 is 2.04. The number of carbonyl (C=O) groups is 2. The van der Waals surface area contributed by atoms with Crippen LogP contribution in [0.25, 0.3) is 5.69 Å². The summed E-state index contributed by atoms with van der Waals surface area (Å²) in [5.41, 5.74) is 2.89. The molecule has 1 aliphatic carbocycles. The van der Waals surface area contributed by atoms with Crippen molar-refractivity contribution in [3.8, 4) is 5.69 Å². The van der Waals surface area contributed by atoms with Gasteiger partial charge in [0.05, 0.1) is 23.0 Å². The molecule has 1 aliphatic rings. The van der Waals surface area contributed by atoms with E-state index in [0.717, 1.165) is 29.9 Å². The number of hydrogen-bond donors (Lipinski definition) is 2. The number of benzene rings is 3. The first-order valence-electron chi connectivity index (χ1n) is 12.0. The molecule has 36 heavy (non-hydrogen) atoms. The summed E-state index contributed by atoms with van der Waals surface area (Å²) in [6.07, 6.45) is 2.22. The Morgan fingerprint density at radius 2 is 1.61 bits per heavy atom. The average Bonchev–Trinajstić information content (AvgIpc) is 3.67. The summed E-state index contributed by atoms with van der Waals surface area (Å²) in [6.45, 7) is 1.93. The lowest BCUT2D eigenvalue weighted by Gasteiger charge is -2.16. The van der Waals surface area contributed by atoms with E-state index >= 15 is 0 Å². The molecule has 0 spiro atoms. The van der Waals surface area contributed by atoms with Gasteiger partial charge in [-0.25, -0.2) is 0 Å². The summed E-state index contributed by atoms with van der Waals surface area (Å²) in [5.74, 6) is 1.05. The monoisotopic (exact) mass is 497 g/mol. The number of thioether (sulfide) groups is 1. The van der Waals surface area contributed by atoms with Gasteiger partial charge in [-0.15, -0.1) is 10.2 Å². The van der Waals surface area contributed by atoms with Crippen LogP contribution in [0.5, 0.6) is 0 Å². The van der Waals surface area contributed by atoms with Crippen molar-refractivity contribution in [1.82, 2.24) is 20.1 Å². The van der Waals surface area contributed by atoms with E-state index in [4.69, 9.17) is 0 Å². The van der Waals surface area contributed by atoms with Gasteiger partial charge in [0, 0.05) is 11.6 Å². The molecule has 0 bridgehead atoms. The molecule has 182 valence electrons. The SMILES string of the molecule is C[C@H](NC(=O)c1ccccc1NC(=O)CSc1nnc(C2CC2)n1-c1ccccc1)c1ccccc1. The maximum Gasteiger partial charge on any atom is 0.253 e. The van der Waals surface area contributed by atoms with Crippen LogP contribution in [-0.4, -0.2) is 32.3 Å². The van der Waals surface area contributed by atoms with Gasteiger partial charge in [0.2, 0.25) is 5.91 Å². The predicted molar refractivity (Wildman–Crippen MR) is 141 cm³/mol. The van der Waals surface area contributed by atoms with E-state index < -0.39 is 0 Å². The van der Waals surface area contributed by atoms with Gasteiger partial charge in [-0.2, -0.15) is 0 Å². The first-order chi connectivity index (χ1) is 17.6. The van der Waals surface area contributed by atoms with Crippen molar-refractivity contribution < 1.29 is 9.59 Å². The zero-order valence-electron chi connectivity index (χ0n) is 19.9. The van der Waals surface area contributed by atoms with Crippen molar-refractivity contribution in [2.75, 3.05) is 11.1 Å². The number of nitrogens with zero attached hydrogens (tertiary/aromatic N) is 3. The molecule has 0 aliphatic heterocycles. The molecular formula is C28H27N5O2S. The Morgan fingerprint density at radius 1 is 0.944 bits per heavy atom. The van der Waals surface area contributed by atoms with Gasteiger partial charge in [-0.3, -0.25) is 14.2 Å². The molecule has 3 aromatic carbocycles. The minimum atomic E-state index is -0.243. The van der Waals surface area contributed by atoms with Crippen molar-refractivity contribution in [3.05, 3.63) is 102 Å². The van der Waals surface area contributed by atoms with Crippen LogP contribution in [0.2, 0.25) is 0 Å². The average molecular weight is 498 g/mol. The Kier molecular flexibility index (Phi) is 7.13. The highest BCUT2D eigenvalue weighted by atomic mass is 32.2. The van der Waals surface area contributed by atoms with Crippen LogP contribution in [0.15, 0.2) is 90.1 Å². The van der Waals surface area contributed by atoms with E-state index in [9.17, 15) is 9.59 Å². The van der Waals surface area contributed by atoms with E-state index in [0.29, 0.717) is 22.3 Å². The van der Waals surface area contributed by atoms with Gasteiger partial charge >= 0.3 is 0 Å². The lowest BCUT2D eigenvalue weighted by molar-refractivity contribution is -0.113. The van der Waals surface area contributed by atoms with E-state index in [1.54, 1.807) is 24.3 Å². The quantitative estimate of drug-likeness (QED) is 0.304. The Balaban J connectivity index is 1.26. The molecule has 5 rings (SSSR count). The zero-order valence-corrected chi connectivity index (χ0v) is 20.7. The van der Waals surface area contributed by atoms with Gasteiger partial charge in [0.25, 0.3) is 5.91 Å². The van der Waals surface area contributed by atoms with Crippen LogP contribution in [0.3, 0.4) is 0 Å². The number of anilines is 1. The minimum Gasteiger partial charge on any atom is -0.345 e. The van der Waals surface area contributed by atoms with Crippen LogP contribution < -0.4 is 10.6 Å². The van der Waals surface area contributed by atoms with Crippen molar-refractivity contribution in [1.29, 1.82) is 0 Å². The second-order valence-corrected chi connectivity index (χ2v) is 9.72. The van der Waals surface area contributed by atoms with Crippen LogP contribution in [0, 0.1) is 0 Å². The normalized spacial score (nSPS) is 13.7. The zero-order chi connectivity index (χ0) is 24.9. The van der Waals surface area contributed by atoms with E-state index in [2.05, 4.69) is 20.8 Å². The molecule has 1 saturated carbocycles. The predicted octanol–water partition coefficient (Wildman–Crippen LogP) is 5.37. The molecule has 4 aromatic rings. The third-order valence-corrected chi connectivity index (χ3v) is 6.97. The van der Waals surface area contributed by atoms with Crippen LogP contribution in [-0.2, 0) is 4.79 Å². The van der Waals surface area contributed by atoms with Crippen molar-refractivity contribution in [3.63, 3.8) is 0 Å². The summed E-state index contributed by atoms with van der Waals surface area (Å²) >= 11 is 1.33. The molecule has 1 atom stereocenters. The summed E-state index contributed by atoms with van der Waals surface area (Å²) in [7, 11) is 0. The number of hydrogen-bond acceptors (Lipinski definition) is 5. The third kappa shape index (κ3) is 5.49. The maximum atomic E-state index is 13.0. The fourth-order valence-corrected chi connectivity index (χ4v) is 4.77. The highest BCUT2D eigenvalue weighted by Crippen LogP contribution is 2.41.